The Bertz CT molecular complexity index is 1210. The van der Waals surface area contributed by atoms with Gasteiger partial charge in [-0.2, -0.15) is 8.78 Å². The number of aromatic nitrogens is 2. The van der Waals surface area contributed by atoms with Crippen LogP contribution >= 0.6 is 11.6 Å². The molecule has 1 aromatic carbocycles. The normalized spacial score (nSPS) is 16.9. The molecule has 5 rings (SSSR count). The second-order valence-electron chi connectivity index (χ2n) is 8.62. The number of amides is 1. The zero-order valence-electron chi connectivity index (χ0n) is 17.3. The van der Waals surface area contributed by atoms with Crippen molar-refractivity contribution in [2.75, 3.05) is 13.2 Å². The highest BCUT2D eigenvalue weighted by molar-refractivity contribution is 6.31. The van der Waals surface area contributed by atoms with Crippen molar-refractivity contribution in [3.8, 4) is 0 Å². The molecule has 3 aromatic rings. The number of ketones is 1. The third-order valence-electron chi connectivity index (χ3n) is 6.28. The van der Waals surface area contributed by atoms with Crippen molar-refractivity contribution in [2.45, 2.75) is 38.8 Å². The number of halogens is 4. The average Bonchev–Trinajstić information content (AvgIpc) is 3.22. The fraction of sp³-hybridized carbons (Fsp3) is 0.409. The molecular formula is C22H19ClF3N3O4. The van der Waals surface area contributed by atoms with Crippen LogP contribution in [0.5, 0.6) is 0 Å². The Morgan fingerprint density at radius 1 is 1.30 bits per heavy atom. The maximum absolute atomic E-state index is 13.7. The molecule has 0 atom stereocenters. The molecule has 2 aromatic heterocycles. The summed E-state index contributed by atoms with van der Waals surface area (Å²) in [6.45, 7) is -2.60. The van der Waals surface area contributed by atoms with Gasteiger partial charge in [0.15, 0.2) is 11.5 Å². The molecule has 1 N–H and O–H groups in total. The van der Waals surface area contributed by atoms with Crippen LogP contribution in [0, 0.1) is 11.2 Å². The minimum absolute atomic E-state index is 0.0288. The lowest BCUT2D eigenvalue weighted by Crippen LogP contribution is -2.36. The number of hydrogen-bond donors (Lipinski definition) is 1. The summed E-state index contributed by atoms with van der Waals surface area (Å²) in [4.78, 5) is 30.5. The van der Waals surface area contributed by atoms with E-state index < -0.39 is 17.8 Å². The first kappa shape index (κ1) is 22.0. The van der Waals surface area contributed by atoms with Crippen molar-refractivity contribution in [2.24, 2.45) is 5.41 Å². The lowest BCUT2D eigenvalue weighted by atomic mass is 9.95. The number of nitrogens with one attached hydrogen (secondary N) is 1. The minimum atomic E-state index is -2.88. The number of H-pyrrole nitrogens is 1. The van der Waals surface area contributed by atoms with Crippen LogP contribution in [0.4, 0.5) is 13.2 Å². The van der Waals surface area contributed by atoms with Gasteiger partial charge in [0.2, 0.25) is 0 Å². The second-order valence-corrected chi connectivity index (χ2v) is 9.03. The number of rotatable bonds is 7. The molecule has 1 fully saturated rings. The molecule has 0 saturated heterocycles. The number of alkyl halides is 2. The van der Waals surface area contributed by atoms with Gasteiger partial charge >= 0.3 is 6.61 Å². The van der Waals surface area contributed by atoms with E-state index in [1.54, 1.807) is 11.0 Å². The molecule has 1 saturated carbocycles. The summed E-state index contributed by atoms with van der Waals surface area (Å²) >= 11 is 5.82. The van der Waals surface area contributed by atoms with E-state index >= 15 is 0 Å². The topological polar surface area (TPSA) is 88.4 Å². The van der Waals surface area contributed by atoms with E-state index in [1.165, 1.54) is 12.1 Å². The number of carbonyl (C=O) groups is 2. The van der Waals surface area contributed by atoms with E-state index in [9.17, 15) is 22.8 Å². The van der Waals surface area contributed by atoms with Gasteiger partial charge in [-0.1, -0.05) is 16.8 Å². The van der Waals surface area contributed by atoms with Crippen molar-refractivity contribution in [3.63, 3.8) is 0 Å². The van der Waals surface area contributed by atoms with Crippen molar-refractivity contribution in [1.29, 1.82) is 0 Å². The van der Waals surface area contributed by atoms with Gasteiger partial charge in [0, 0.05) is 41.3 Å². The molecule has 0 spiro atoms. The molecular weight excluding hydrogens is 463 g/mol. The van der Waals surface area contributed by atoms with Crippen molar-refractivity contribution >= 4 is 34.2 Å². The van der Waals surface area contributed by atoms with E-state index in [2.05, 4.69) is 14.9 Å². The van der Waals surface area contributed by atoms with Crippen LogP contribution in [-0.4, -0.2) is 46.5 Å². The number of Topliss-reactive ketones (excluding diaryl/α,β-unsaturated/α-hetero) is 1. The number of aromatic amines is 1. The lowest BCUT2D eigenvalue weighted by Gasteiger charge is -2.25. The summed E-state index contributed by atoms with van der Waals surface area (Å²) in [6.07, 6.45) is 1.66. The SMILES string of the molecule is O=C(CC1(COC(F)F)CC1)c1noc2c1CN(C(=O)c1cc3cc(F)c(Cl)cc3[nH]1)CC2. The van der Waals surface area contributed by atoms with Gasteiger partial charge < -0.3 is 19.1 Å². The summed E-state index contributed by atoms with van der Waals surface area (Å²) in [6, 6.07) is 4.22. The van der Waals surface area contributed by atoms with Crippen LogP contribution in [0.15, 0.2) is 22.7 Å². The Kier molecular flexibility index (Phi) is 5.44. The molecule has 33 heavy (non-hydrogen) atoms. The van der Waals surface area contributed by atoms with Gasteiger partial charge in [-0.15, -0.1) is 0 Å². The summed E-state index contributed by atoms with van der Waals surface area (Å²) < 4.78 is 48.3. The number of benzene rings is 1. The lowest BCUT2D eigenvalue weighted by molar-refractivity contribution is -0.140. The zero-order valence-corrected chi connectivity index (χ0v) is 18.1. The number of hydrogen-bond acceptors (Lipinski definition) is 5. The quantitative estimate of drug-likeness (QED) is 0.492. The third-order valence-corrected chi connectivity index (χ3v) is 6.57. The van der Waals surface area contributed by atoms with Crippen LogP contribution in [-0.2, 0) is 17.7 Å². The zero-order chi connectivity index (χ0) is 23.3. The van der Waals surface area contributed by atoms with Gasteiger partial charge in [-0.05, 0) is 31.0 Å². The number of carbonyl (C=O) groups excluding carboxylic acids is 2. The van der Waals surface area contributed by atoms with E-state index in [0.29, 0.717) is 48.0 Å². The van der Waals surface area contributed by atoms with Gasteiger partial charge in [0.1, 0.15) is 17.3 Å². The van der Waals surface area contributed by atoms with Crippen LogP contribution in [0.3, 0.4) is 0 Å². The first-order valence-corrected chi connectivity index (χ1v) is 10.8. The number of fused-ring (bicyclic) bond motifs is 2. The maximum atomic E-state index is 13.7. The molecule has 3 heterocycles. The Morgan fingerprint density at radius 2 is 2.09 bits per heavy atom. The molecule has 174 valence electrons. The van der Waals surface area contributed by atoms with Crippen LogP contribution in [0.2, 0.25) is 5.02 Å². The molecule has 7 nitrogen and oxygen atoms in total. The van der Waals surface area contributed by atoms with Crippen molar-refractivity contribution in [1.82, 2.24) is 15.0 Å². The average molecular weight is 482 g/mol. The molecule has 11 heteroatoms. The third kappa shape index (κ3) is 4.24. The molecule has 0 radical (unpaired) electrons. The van der Waals surface area contributed by atoms with Crippen LogP contribution < -0.4 is 0 Å². The summed E-state index contributed by atoms with van der Waals surface area (Å²) in [5, 5.41) is 4.37. The van der Waals surface area contributed by atoms with Crippen molar-refractivity contribution < 1.29 is 32.0 Å². The summed E-state index contributed by atoms with van der Waals surface area (Å²) in [5.41, 5.74) is 0.848. The Morgan fingerprint density at radius 3 is 2.82 bits per heavy atom. The smallest absolute Gasteiger partial charge is 0.345 e. The van der Waals surface area contributed by atoms with E-state index in [1.807, 2.05) is 0 Å². The maximum Gasteiger partial charge on any atom is 0.345 e. The minimum Gasteiger partial charge on any atom is -0.360 e. The van der Waals surface area contributed by atoms with E-state index in [4.69, 9.17) is 16.1 Å². The van der Waals surface area contributed by atoms with E-state index in [-0.39, 0.29) is 47.7 Å². The molecule has 1 aliphatic carbocycles. The first-order chi connectivity index (χ1) is 15.7. The summed E-state index contributed by atoms with van der Waals surface area (Å²) in [7, 11) is 0. The largest absolute Gasteiger partial charge is 0.360 e. The number of nitrogens with zero attached hydrogens (tertiary/aromatic N) is 2. The van der Waals surface area contributed by atoms with Crippen LogP contribution in [0.1, 0.15) is 51.6 Å². The van der Waals surface area contributed by atoms with Crippen LogP contribution in [0.25, 0.3) is 10.9 Å². The molecule has 0 unspecified atom stereocenters. The molecule has 2 aliphatic rings. The number of ether oxygens (including phenoxy) is 1. The standard InChI is InChI=1S/C22H19ClF3N3O4/c23-13-7-15-11(5-14(13)24)6-16(27-15)20(31)29-4-1-18-12(9-29)19(28-33-18)17(30)8-22(2-3-22)10-32-21(25)26/h5-7,21,27H,1-4,8-10H2. The van der Waals surface area contributed by atoms with E-state index in [0.717, 1.165) is 0 Å². The fourth-order valence-electron chi connectivity index (χ4n) is 4.23. The van der Waals surface area contributed by atoms with Crippen molar-refractivity contribution in [3.05, 3.63) is 51.8 Å². The Balaban J connectivity index is 1.32. The van der Waals surface area contributed by atoms with Gasteiger partial charge in [0.05, 0.1) is 18.2 Å². The monoisotopic (exact) mass is 481 g/mol. The molecule has 0 bridgehead atoms. The predicted octanol–water partition coefficient (Wildman–Crippen LogP) is 4.74. The summed E-state index contributed by atoms with van der Waals surface area (Å²) in [5.74, 6) is -0.691. The Labute approximate surface area is 190 Å². The highest BCUT2D eigenvalue weighted by Crippen LogP contribution is 2.50. The second kappa shape index (κ2) is 8.18. The fourth-order valence-corrected chi connectivity index (χ4v) is 4.39. The molecule has 1 amide bonds. The predicted molar refractivity (Wildman–Crippen MR) is 111 cm³/mol. The highest BCUT2D eigenvalue weighted by atomic mass is 35.5. The highest BCUT2D eigenvalue weighted by Gasteiger charge is 2.46. The first-order valence-electron chi connectivity index (χ1n) is 10.4. The van der Waals surface area contributed by atoms with Gasteiger partial charge in [0.25, 0.3) is 5.91 Å². The Hall–Kier alpha value is -2.85. The van der Waals surface area contributed by atoms with Gasteiger partial charge in [-0.3, -0.25) is 9.59 Å². The van der Waals surface area contributed by atoms with Gasteiger partial charge in [-0.25, -0.2) is 4.39 Å². The molecule has 1 aliphatic heterocycles.